The normalized spacial score (nSPS) is 10.4. The minimum absolute atomic E-state index is 0.0866. The van der Waals surface area contributed by atoms with Gasteiger partial charge in [0.2, 0.25) is 0 Å². The molecule has 16 heavy (non-hydrogen) atoms. The molecule has 0 amide bonds. The molecule has 0 aliphatic carbocycles. The minimum atomic E-state index is -0.671. The minimum Gasteiger partial charge on any atom is -0.491 e. The van der Waals surface area contributed by atoms with E-state index in [9.17, 15) is 8.78 Å². The molecule has 4 heteroatoms. The number of benzene rings is 1. The summed E-state index contributed by atoms with van der Waals surface area (Å²) in [5.41, 5.74) is 0. The van der Waals surface area contributed by atoms with Crippen LogP contribution in [-0.4, -0.2) is 18.3 Å². The lowest BCUT2D eigenvalue weighted by Crippen LogP contribution is -1.99. The molecule has 0 bridgehead atoms. The molecule has 0 fully saturated rings. The first-order chi connectivity index (χ1) is 7.74. The molecule has 0 heterocycles. The van der Waals surface area contributed by atoms with Gasteiger partial charge in [0.05, 0.1) is 6.61 Å². The summed E-state index contributed by atoms with van der Waals surface area (Å²) >= 11 is 0. The van der Waals surface area contributed by atoms with Gasteiger partial charge >= 0.3 is 0 Å². The largest absolute Gasteiger partial charge is 0.491 e. The lowest BCUT2D eigenvalue weighted by atomic mass is 10.2. The molecule has 0 saturated carbocycles. The van der Waals surface area contributed by atoms with E-state index in [0.717, 1.165) is 31.7 Å². The number of hydrogen-bond donors (Lipinski definition) is 1. The molecule has 0 radical (unpaired) electrons. The van der Waals surface area contributed by atoms with Crippen molar-refractivity contribution < 1.29 is 18.6 Å². The van der Waals surface area contributed by atoms with Crippen LogP contribution in [0.1, 0.15) is 25.7 Å². The summed E-state index contributed by atoms with van der Waals surface area (Å²) in [7, 11) is 0. The molecule has 0 aliphatic heterocycles. The molecular weight excluding hydrogens is 214 g/mol. The van der Waals surface area contributed by atoms with Gasteiger partial charge in [-0.1, -0.05) is 6.42 Å². The van der Waals surface area contributed by atoms with Gasteiger partial charge in [0, 0.05) is 12.7 Å². The second-order valence-electron chi connectivity index (χ2n) is 3.56. The molecule has 90 valence electrons. The van der Waals surface area contributed by atoms with Crippen molar-refractivity contribution in [2.75, 3.05) is 13.2 Å². The van der Waals surface area contributed by atoms with Crippen molar-refractivity contribution in [1.29, 1.82) is 0 Å². The topological polar surface area (TPSA) is 29.5 Å². The summed E-state index contributed by atoms with van der Waals surface area (Å²) in [6.07, 6.45) is 3.46. The van der Waals surface area contributed by atoms with E-state index < -0.39 is 11.6 Å². The third-order valence-corrected chi connectivity index (χ3v) is 2.20. The summed E-state index contributed by atoms with van der Waals surface area (Å²) < 4.78 is 30.8. The Hall–Kier alpha value is -1.16. The van der Waals surface area contributed by atoms with Crippen molar-refractivity contribution in [2.24, 2.45) is 0 Å². The molecule has 1 N–H and O–H groups in total. The van der Waals surface area contributed by atoms with Crippen LogP contribution in [0.3, 0.4) is 0 Å². The number of aliphatic hydroxyl groups is 1. The number of halogens is 2. The van der Waals surface area contributed by atoms with Crippen LogP contribution in [0.5, 0.6) is 5.75 Å². The van der Waals surface area contributed by atoms with Crippen LogP contribution in [0.2, 0.25) is 0 Å². The smallest absolute Gasteiger partial charge is 0.167 e. The van der Waals surface area contributed by atoms with Crippen LogP contribution in [0.25, 0.3) is 0 Å². The van der Waals surface area contributed by atoms with Gasteiger partial charge in [-0.05, 0) is 31.4 Å². The molecule has 1 rings (SSSR count). The van der Waals surface area contributed by atoms with Gasteiger partial charge in [-0.3, -0.25) is 0 Å². The number of unbranched alkanes of at least 4 members (excludes halogenated alkanes) is 3. The lowest BCUT2D eigenvalue weighted by molar-refractivity contribution is 0.269. The summed E-state index contributed by atoms with van der Waals surface area (Å²) in [4.78, 5) is 0. The Morgan fingerprint density at radius 2 is 1.81 bits per heavy atom. The maximum Gasteiger partial charge on any atom is 0.167 e. The molecule has 0 aliphatic rings. The Balaban J connectivity index is 2.21. The predicted octanol–water partition coefficient (Wildman–Crippen LogP) is 2.90. The highest BCUT2D eigenvalue weighted by Gasteiger charge is 2.03. The van der Waals surface area contributed by atoms with Gasteiger partial charge in [0.25, 0.3) is 0 Å². The van der Waals surface area contributed by atoms with Crippen molar-refractivity contribution in [3.63, 3.8) is 0 Å². The highest BCUT2D eigenvalue weighted by molar-refractivity contribution is 5.24. The van der Waals surface area contributed by atoms with E-state index in [-0.39, 0.29) is 12.4 Å². The van der Waals surface area contributed by atoms with E-state index in [2.05, 4.69) is 0 Å². The lowest BCUT2D eigenvalue weighted by Gasteiger charge is -2.06. The number of hydrogen-bond acceptors (Lipinski definition) is 2. The van der Waals surface area contributed by atoms with Gasteiger partial charge in [-0.25, -0.2) is 8.78 Å². The summed E-state index contributed by atoms with van der Waals surface area (Å²) in [6.45, 7) is 0.613. The fraction of sp³-hybridized carbons (Fsp3) is 0.500. The number of aliphatic hydroxyl groups excluding tert-OH is 1. The first-order valence-corrected chi connectivity index (χ1v) is 5.43. The quantitative estimate of drug-likeness (QED) is 0.730. The van der Waals surface area contributed by atoms with Crippen LogP contribution in [-0.2, 0) is 0 Å². The van der Waals surface area contributed by atoms with E-state index in [1.54, 1.807) is 0 Å². The molecular formula is C12H16F2O2. The van der Waals surface area contributed by atoms with Crippen molar-refractivity contribution >= 4 is 0 Å². The first kappa shape index (κ1) is 12.9. The zero-order valence-corrected chi connectivity index (χ0v) is 9.09. The number of ether oxygens (including phenoxy) is 1. The van der Waals surface area contributed by atoms with Crippen molar-refractivity contribution in [2.45, 2.75) is 25.7 Å². The molecule has 1 aromatic carbocycles. The van der Waals surface area contributed by atoms with Gasteiger partial charge in [-0.2, -0.15) is 0 Å². The fourth-order valence-electron chi connectivity index (χ4n) is 1.34. The maximum absolute atomic E-state index is 13.1. The highest BCUT2D eigenvalue weighted by atomic mass is 19.1. The third kappa shape index (κ3) is 4.57. The molecule has 0 atom stereocenters. The van der Waals surface area contributed by atoms with Crippen molar-refractivity contribution in [3.05, 3.63) is 29.8 Å². The molecule has 2 nitrogen and oxygen atoms in total. The standard InChI is InChI=1S/C12H16F2O2/c13-10-5-6-12(11(14)9-10)16-8-4-2-1-3-7-15/h5-6,9,15H,1-4,7-8H2. The van der Waals surface area contributed by atoms with Crippen LogP contribution in [0.15, 0.2) is 18.2 Å². The molecule has 0 unspecified atom stereocenters. The Bertz CT molecular complexity index is 316. The summed E-state index contributed by atoms with van der Waals surface area (Å²) in [6, 6.07) is 3.27. The molecule has 0 spiro atoms. The van der Waals surface area contributed by atoms with E-state index in [4.69, 9.17) is 9.84 Å². The summed E-state index contributed by atoms with van der Waals surface area (Å²) in [5.74, 6) is -1.19. The van der Waals surface area contributed by atoms with Crippen molar-refractivity contribution in [3.8, 4) is 5.75 Å². The molecule has 1 aromatic rings. The van der Waals surface area contributed by atoms with Gasteiger partial charge in [0.15, 0.2) is 11.6 Å². The Morgan fingerprint density at radius 3 is 2.50 bits per heavy atom. The average molecular weight is 230 g/mol. The van der Waals surface area contributed by atoms with E-state index in [0.29, 0.717) is 6.61 Å². The number of rotatable bonds is 7. The second kappa shape index (κ2) is 7.17. The van der Waals surface area contributed by atoms with Gasteiger partial charge < -0.3 is 9.84 Å². The molecule has 0 saturated heterocycles. The zero-order chi connectivity index (χ0) is 11.8. The first-order valence-electron chi connectivity index (χ1n) is 5.43. The monoisotopic (exact) mass is 230 g/mol. The van der Waals surface area contributed by atoms with Crippen LogP contribution < -0.4 is 4.74 Å². The summed E-state index contributed by atoms with van der Waals surface area (Å²) in [5, 5.41) is 8.55. The Morgan fingerprint density at radius 1 is 1.06 bits per heavy atom. The Kier molecular flexibility index (Phi) is 5.78. The second-order valence-corrected chi connectivity index (χ2v) is 3.56. The highest BCUT2D eigenvalue weighted by Crippen LogP contribution is 2.17. The predicted molar refractivity (Wildman–Crippen MR) is 57.4 cm³/mol. The van der Waals surface area contributed by atoms with Crippen LogP contribution in [0.4, 0.5) is 8.78 Å². The third-order valence-electron chi connectivity index (χ3n) is 2.20. The SMILES string of the molecule is OCCCCCCOc1ccc(F)cc1F. The average Bonchev–Trinajstić information content (AvgIpc) is 2.26. The van der Waals surface area contributed by atoms with Crippen LogP contribution in [0, 0.1) is 11.6 Å². The van der Waals surface area contributed by atoms with Crippen molar-refractivity contribution in [1.82, 2.24) is 0 Å². The van der Waals surface area contributed by atoms with Gasteiger partial charge in [-0.15, -0.1) is 0 Å². The molecule has 0 aromatic heterocycles. The van der Waals surface area contributed by atoms with E-state index >= 15 is 0 Å². The zero-order valence-electron chi connectivity index (χ0n) is 9.09. The van der Waals surface area contributed by atoms with E-state index in [1.165, 1.54) is 12.1 Å². The van der Waals surface area contributed by atoms with Gasteiger partial charge in [0.1, 0.15) is 5.82 Å². The fourth-order valence-corrected chi connectivity index (χ4v) is 1.34. The Labute approximate surface area is 93.9 Å². The van der Waals surface area contributed by atoms with E-state index in [1.807, 2.05) is 0 Å². The maximum atomic E-state index is 13.1. The van der Waals surface area contributed by atoms with Crippen LogP contribution >= 0.6 is 0 Å².